The molecule has 1 heterocycles. The SMILES string of the molecule is O=C(NCC1(O)CCCN(C(=O)CCl)CC1)OCc1ccccc1. The Morgan fingerprint density at radius 3 is 2.71 bits per heavy atom. The summed E-state index contributed by atoms with van der Waals surface area (Å²) < 4.78 is 5.13. The van der Waals surface area contributed by atoms with E-state index < -0.39 is 11.7 Å². The quantitative estimate of drug-likeness (QED) is 0.791. The molecule has 1 aromatic rings. The number of nitrogens with zero attached hydrogens (tertiary/aromatic N) is 1. The fraction of sp³-hybridized carbons (Fsp3) is 0.529. The molecule has 1 atom stereocenters. The number of alkyl halides is 1. The summed E-state index contributed by atoms with van der Waals surface area (Å²) in [6, 6.07) is 9.38. The fourth-order valence-electron chi connectivity index (χ4n) is 2.70. The molecule has 24 heavy (non-hydrogen) atoms. The Balaban J connectivity index is 1.75. The Bertz CT molecular complexity index is 555. The van der Waals surface area contributed by atoms with E-state index >= 15 is 0 Å². The van der Waals surface area contributed by atoms with Crippen LogP contribution in [-0.4, -0.2) is 53.1 Å². The summed E-state index contributed by atoms with van der Waals surface area (Å²) in [5, 5.41) is 13.2. The molecule has 0 saturated carbocycles. The zero-order valence-electron chi connectivity index (χ0n) is 13.5. The van der Waals surface area contributed by atoms with Crippen LogP contribution in [0.3, 0.4) is 0 Å². The van der Waals surface area contributed by atoms with E-state index in [1.807, 2.05) is 30.3 Å². The zero-order valence-corrected chi connectivity index (χ0v) is 14.3. The molecule has 1 aliphatic rings. The Morgan fingerprint density at radius 1 is 1.25 bits per heavy atom. The van der Waals surface area contributed by atoms with Gasteiger partial charge in [0, 0.05) is 19.6 Å². The van der Waals surface area contributed by atoms with Gasteiger partial charge < -0.3 is 20.1 Å². The standard InChI is InChI=1S/C17H23ClN2O4/c18-11-15(21)20-9-4-7-17(23,8-10-20)13-19-16(22)24-12-14-5-2-1-3-6-14/h1-3,5-6,23H,4,7-13H2,(H,19,22). The first-order chi connectivity index (χ1) is 11.5. The lowest BCUT2D eigenvalue weighted by Crippen LogP contribution is -2.44. The lowest BCUT2D eigenvalue weighted by Gasteiger charge is -2.27. The molecule has 1 aromatic carbocycles. The second-order valence-electron chi connectivity index (χ2n) is 6.01. The highest BCUT2D eigenvalue weighted by atomic mass is 35.5. The third-order valence-electron chi connectivity index (χ3n) is 4.16. The Hall–Kier alpha value is -1.79. The van der Waals surface area contributed by atoms with Gasteiger partial charge in [0.1, 0.15) is 12.5 Å². The predicted molar refractivity (Wildman–Crippen MR) is 90.7 cm³/mol. The van der Waals surface area contributed by atoms with Crippen LogP contribution in [0.15, 0.2) is 30.3 Å². The number of benzene rings is 1. The number of rotatable bonds is 5. The van der Waals surface area contributed by atoms with Gasteiger partial charge in [-0.2, -0.15) is 0 Å². The van der Waals surface area contributed by atoms with Gasteiger partial charge in [0.15, 0.2) is 0 Å². The second kappa shape index (κ2) is 8.89. The van der Waals surface area contributed by atoms with Gasteiger partial charge in [0.05, 0.1) is 5.60 Å². The van der Waals surface area contributed by atoms with Crippen molar-refractivity contribution >= 4 is 23.6 Å². The predicted octanol–water partition coefficient (Wildman–Crippen LogP) is 1.90. The lowest BCUT2D eigenvalue weighted by atomic mass is 9.95. The van der Waals surface area contributed by atoms with E-state index in [1.165, 1.54) is 0 Å². The van der Waals surface area contributed by atoms with Crippen LogP contribution < -0.4 is 5.32 Å². The van der Waals surface area contributed by atoms with E-state index in [4.69, 9.17) is 16.3 Å². The van der Waals surface area contributed by atoms with Crippen LogP contribution in [0, 0.1) is 0 Å². The number of alkyl carbamates (subject to hydrolysis) is 1. The molecular weight excluding hydrogens is 332 g/mol. The van der Waals surface area contributed by atoms with Crippen molar-refractivity contribution in [1.29, 1.82) is 0 Å². The summed E-state index contributed by atoms with van der Waals surface area (Å²) in [7, 11) is 0. The van der Waals surface area contributed by atoms with E-state index in [9.17, 15) is 14.7 Å². The van der Waals surface area contributed by atoms with Gasteiger partial charge in [0.25, 0.3) is 0 Å². The number of hydrogen-bond donors (Lipinski definition) is 2. The number of halogens is 1. The van der Waals surface area contributed by atoms with Gasteiger partial charge >= 0.3 is 6.09 Å². The maximum absolute atomic E-state index is 11.8. The van der Waals surface area contributed by atoms with Crippen LogP contribution in [0.25, 0.3) is 0 Å². The Kier molecular flexibility index (Phi) is 6.87. The maximum Gasteiger partial charge on any atom is 0.407 e. The topological polar surface area (TPSA) is 78.9 Å². The van der Waals surface area contributed by atoms with Crippen molar-refractivity contribution in [1.82, 2.24) is 10.2 Å². The molecule has 2 amide bonds. The summed E-state index contributed by atoms with van der Waals surface area (Å²) in [6.45, 7) is 1.29. The highest BCUT2D eigenvalue weighted by Gasteiger charge is 2.31. The Morgan fingerprint density at radius 2 is 2.00 bits per heavy atom. The molecule has 132 valence electrons. The summed E-state index contributed by atoms with van der Waals surface area (Å²) >= 11 is 5.57. The summed E-state index contributed by atoms with van der Waals surface area (Å²) in [6.07, 6.45) is 1.01. The van der Waals surface area contributed by atoms with Gasteiger partial charge in [-0.1, -0.05) is 30.3 Å². The van der Waals surface area contributed by atoms with Gasteiger partial charge in [-0.25, -0.2) is 4.79 Å². The van der Waals surface area contributed by atoms with Crippen molar-refractivity contribution in [3.05, 3.63) is 35.9 Å². The van der Waals surface area contributed by atoms with E-state index in [1.54, 1.807) is 4.90 Å². The molecule has 7 heteroatoms. The van der Waals surface area contributed by atoms with Crippen LogP contribution in [-0.2, 0) is 16.1 Å². The van der Waals surface area contributed by atoms with Crippen LogP contribution in [0.1, 0.15) is 24.8 Å². The number of nitrogens with one attached hydrogen (secondary N) is 1. The van der Waals surface area contributed by atoms with Gasteiger partial charge in [0.2, 0.25) is 5.91 Å². The number of carbonyl (C=O) groups excluding carboxylic acids is 2. The highest BCUT2D eigenvalue weighted by Crippen LogP contribution is 2.22. The van der Waals surface area contributed by atoms with E-state index in [0.717, 1.165) is 5.56 Å². The third kappa shape index (κ3) is 5.69. The average Bonchev–Trinajstić information content (AvgIpc) is 2.81. The molecule has 1 saturated heterocycles. The first-order valence-corrected chi connectivity index (χ1v) is 8.56. The van der Waals surface area contributed by atoms with E-state index in [-0.39, 0.29) is 24.9 Å². The first-order valence-electron chi connectivity index (χ1n) is 8.03. The molecule has 2 N–H and O–H groups in total. The molecule has 0 aromatic heterocycles. The first kappa shape index (κ1) is 18.5. The molecule has 1 unspecified atom stereocenters. The monoisotopic (exact) mass is 354 g/mol. The summed E-state index contributed by atoms with van der Waals surface area (Å²) in [5.74, 6) is -0.182. The van der Waals surface area contributed by atoms with Gasteiger partial charge in [-0.05, 0) is 24.8 Å². The third-order valence-corrected chi connectivity index (χ3v) is 4.39. The minimum atomic E-state index is -1.03. The van der Waals surface area contributed by atoms with E-state index in [2.05, 4.69) is 5.32 Å². The minimum Gasteiger partial charge on any atom is -0.445 e. The van der Waals surface area contributed by atoms with Crippen molar-refractivity contribution in [2.24, 2.45) is 0 Å². The van der Waals surface area contributed by atoms with Crippen molar-refractivity contribution in [3.63, 3.8) is 0 Å². The minimum absolute atomic E-state index is 0.0531. The molecular formula is C17H23ClN2O4. The smallest absolute Gasteiger partial charge is 0.407 e. The van der Waals surface area contributed by atoms with Crippen molar-refractivity contribution in [3.8, 4) is 0 Å². The molecule has 0 spiro atoms. The number of hydrogen-bond acceptors (Lipinski definition) is 4. The maximum atomic E-state index is 11.8. The van der Waals surface area contributed by atoms with Crippen LogP contribution in [0.2, 0.25) is 0 Å². The van der Waals surface area contributed by atoms with Crippen LogP contribution >= 0.6 is 11.6 Å². The van der Waals surface area contributed by atoms with Crippen LogP contribution in [0.4, 0.5) is 4.79 Å². The van der Waals surface area contributed by atoms with Gasteiger partial charge in [-0.15, -0.1) is 11.6 Å². The van der Waals surface area contributed by atoms with Crippen molar-refractivity contribution in [2.45, 2.75) is 31.5 Å². The number of carbonyl (C=O) groups is 2. The lowest BCUT2D eigenvalue weighted by molar-refractivity contribution is -0.128. The fourth-order valence-corrected chi connectivity index (χ4v) is 2.87. The average molecular weight is 355 g/mol. The number of aliphatic hydroxyl groups is 1. The summed E-state index contributed by atoms with van der Waals surface area (Å²) in [4.78, 5) is 25.1. The second-order valence-corrected chi connectivity index (χ2v) is 6.27. The van der Waals surface area contributed by atoms with Crippen LogP contribution in [0.5, 0.6) is 0 Å². The van der Waals surface area contributed by atoms with Gasteiger partial charge in [-0.3, -0.25) is 4.79 Å². The molecule has 0 bridgehead atoms. The molecule has 1 aliphatic heterocycles. The molecule has 0 radical (unpaired) electrons. The summed E-state index contributed by atoms with van der Waals surface area (Å²) in [5.41, 5.74) is -0.135. The zero-order chi connectivity index (χ0) is 17.4. The molecule has 6 nitrogen and oxygen atoms in total. The molecule has 2 rings (SSSR count). The number of amides is 2. The molecule has 1 fully saturated rings. The highest BCUT2D eigenvalue weighted by molar-refractivity contribution is 6.27. The van der Waals surface area contributed by atoms with E-state index in [0.29, 0.717) is 32.4 Å². The Labute approximate surface area is 146 Å². The largest absolute Gasteiger partial charge is 0.445 e. The van der Waals surface area contributed by atoms with Crippen molar-refractivity contribution in [2.75, 3.05) is 25.5 Å². The molecule has 0 aliphatic carbocycles. The number of ether oxygens (including phenoxy) is 1. The number of likely N-dealkylation sites (tertiary alicyclic amines) is 1. The van der Waals surface area contributed by atoms with Crippen molar-refractivity contribution < 1.29 is 19.4 Å². The normalized spacial score (nSPS) is 21.0.